The zero-order valence-electron chi connectivity index (χ0n) is 11.9. The first-order valence-electron chi connectivity index (χ1n) is 7.66. The quantitative estimate of drug-likeness (QED) is 0.923. The highest BCUT2D eigenvalue weighted by Gasteiger charge is 2.21. The van der Waals surface area contributed by atoms with Crippen LogP contribution < -0.4 is 5.73 Å². The van der Waals surface area contributed by atoms with E-state index in [1.165, 1.54) is 43.2 Å². The van der Waals surface area contributed by atoms with Crippen molar-refractivity contribution in [3.63, 3.8) is 0 Å². The fraction of sp³-hybridized carbons (Fsp3) is 0.471. The van der Waals surface area contributed by atoms with Crippen LogP contribution in [-0.4, -0.2) is 15.8 Å². The van der Waals surface area contributed by atoms with Crippen molar-refractivity contribution in [2.45, 2.75) is 44.7 Å². The second-order valence-electron chi connectivity index (χ2n) is 5.88. The molecule has 1 atom stereocenters. The number of hydrogen-bond donors (Lipinski definition) is 1. The standard InChI is InChI=1S/C17H23N3/c18-17(15-9-5-2-6-10-15)13-20-12-16(11-19-20)14-7-3-1-4-8-14/h1,3-4,7-8,11-12,15,17H,2,5-6,9-10,13,18H2. The van der Waals surface area contributed by atoms with Gasteiger partial charge in [-0.05, 0) is 24.3 Å². The molecule has 1 saturated carbocycles. The van der Waals surface area contributed by atoms with Crippen molar-refractivity contribution in [3.05, 3.63) is 42.7 Å². The minimum Gasteiger partial charge on any atom is -0.326 e. The third-order valence-electron chi connectivity index (χ3n) is 4.39. The highest BCUT2D eigenvalue weighted by atomic mass is 15.3. The van der Waals surface area contributed by atoms with Crippen LogP contribution in [0.3, 0.4) is 0 Å². The largest absolute Gasteiger partial charge is 0.326 e. The Kier molecular flexibility index (Phi) is 4.16. The van der Waals surface area contributed by atoms with Crippen molar-refractivity contribution in [1.29, 1.82) is 0 Å². The maximum atomic E-state index is 6.37. The van der Waals surface area contributed by atoms with E-state index in [9.17, 15) is 0 Å². The molecule has 1 unspecified atom stereocenters. The highest BCUT2D eigenvalue weighted by Crippen LogP contribution is 2.26. The number of nitrogens with zero attached hydrogens (tertiary/aromatic N) is 2. The van der Waals surface area contributed by atoms with Gasteiger partial charge in [0, 0.05) is 17.8 Å². The smallest absolute Gasteiger partial charge is 0.0568 e. The molecule has 0 saturated heterocycles. The number of aromatic nitrogens is 2. The Morgan fingerprint density at radius 3 is 2.60 bits per heavy atom. The molecule has 1 fully saturated rings. The average Bonchev–Trinajstić information content (AvgIpc) is 2.97. The lowest BCUT2D eigenvalue weighted by atomic mass is 9.84. The van der Waals surface area contributed by atoms with Gasteiger partial charge in [0.05, 0.1) is 12.7 Å². The molecule has 20 heavy (non-hydrogen) atoms. The summed E-state index contributed by atoms with van der Waals surface area (Å²) in [5, 5.41) is 4.46. The van der Waals surface area contributed by atoms with E-state index < -0.39 is 0 Å². The first kappa shape index (κ1) is 13.4. The van der Waals surface area contributed by atoms with Gasteiger partial charge in [0.25, 0.3) is 0 Å². The summed E-state index contributed by atoms with van der Waals surface area (Å²) in [4.78, 5) is 0. The predicted molar refractivity (Wildman–Crippen MR) is 82.2 cm³/mol. The zero-order valence-corrected chi connectivity index (χ0v) is 11.9. The minimum absolute atomic E-state index is 0.235. The van der Waals surface area contributed by atoms with Gasteiger partial charge in [-0.15, -0.1) is 0 Å². The third kappa shape index (κ3) is 3.10. The summed E-state index contributed by atoms with van der Waals surface area (Å²) in [6.45, 7) is 0.831. The molecule has 3 heteroatoms. The van der Waals surface area contributed by atoms with Crippen LogP contribution in [0.4, 0.5) is 0 Å². The maximum absolute atomic E-state index is 6.37. The van der Waals surface area contributed by atoms with Crippen LogP contribution in [0.2, 0.25) is 0 Å². The number of hydrogen-bond acceptors (Lipinski definition) is 2. The second kappa shape index (κ2) is 6.23. The molecule has 1 aromatic heterocycles. The summed E-state index contributed by atoms with van der Waals surface area (Å²) < 4.78 is 2.00. The molecular weight excluding hydrogens is 246 g/mol. The summed E-state index contributed by atoms with van der Waals surface area (Å²) in [7, 11) is 0. The summed E-state index contributed by atoms with van der Waals surface area (Å²) >= 11 is 0. The Labute approximate surface area is 120 Å². The molecule has 1 aliphatic rings. The molecule has 0 aliphatic heterocycles. The van der Waals surface area contributed by atoms with Crippen molar-refractivity contribution < 1.29 is 0 Å². The van der Waals surface area contributed by atoms with Gasteiger partial charge in [0.15, 0.2) is 0 Å². The van der Waals surface area contributed by atoms with E-state index in [1.807, 2.05) is 16.9 Å². The van der Waals surface area contributed by atoms with Crippen molar-refractivity contribution in [2.24, 2.45) is 11.7 Å². The first-order valence-corrected chi connectivity index (χ1v) is 7.66. The molecule has 0 radical (unpaired) electrons. The van der Waals surface area contributed by atoms with E-state index in [0.29, 0.717) is 5.92 Å². The number of rotatable bonds is 4. The molecule has 0 amide bonds. The summed E-state index contributed by atoms with van der Waals surface area (Å²) in [5.74, 6) is 0.674. The Hall–Kier alpha value is -1.61. The van der Waals surface area contributed by atoms with Crippen molar-refractivity contribution >= 4 is 0 Å². The fourth-order valence-corrected chi connectivity index (χ4v) is 3.17. The van der Waals surface area contributed by atoms with Crippen molar-refractivity contribution in [2.75, 3.05) is 0 Å². The maximum Gasteiger partial charge on any atom is 0.0568 e. The van der Waals surface area contributed by atoms with Gasteiger partial charge in [-0.2, -0.15) is 5.10 Å². The summed E-state index contributed by atoms with van der Waals surface area (Å²) in [6.07, 6.45) is 10.7. The molecule has 3 nitrogen and oxygen atoms in total. The molecule has 1 aliphatic carbocycles. The SMILES string of the molecule is NC(Cn1cc(-c2ccccc2)cn1)C1CCCCC1. The number of nitrogens with two attached hydrogens (primary N) is 1. The van der Waals surface area contributed by atoms with E-state index in [0.717, 1.165) is 6.54 Å². The molecule has 106 valence electrons. The molecule has 0 bridgehead atoms. The van der Waals surface area contributed by atoms with Gasteiger partial charge < -0.3 is 5.73 Å². The monoisotopic (exact) mass is 269 g/mol. The lowest BCUT2D eigenvalue weighted by Gasteiger charge is -2.27. The summed E-state index contributed by atoms with van der Waals surface area (Å²) in [5.41, 5.74) is 8.75. The van der Waals surface area contributed by atoms with E-state index in [2.05, 4.69) is 35.6 Å². The van der Waals surface area contributed by atoms with Gasteiger partial charge >= 0.3 is 0 Å². The van der Waals surface area contributed by atoms with E-state index in [1.54, 1.807) is 0 Å². The molecule has 0 spiro atoms. The molecule has 2 N–H and O–H groups in total. The van der Waals surface area contributed by atoms with Crippen LogP contribution in [0.15, 0.2) is 42.7 Å². The average molecular weight is 269 g/mol. The van der Waals surface area contributed by atoms with Gasteiger partial charge in [-0.25, -0.2) is 0 Å². The van der Waals surface area contributed by atoms with Crippen molar-refractivity contribution in [3.8, 4) is 11.1 Å². The molecule has 1 heterocycles. The number of benzene rings is 1. The van der Waals surface area contributed by atoms with Gasteiger partial charge in [-0.3, -0.25) is 4.68 Å². The minimum atomic E-state index is 0.235. The molecular formula is C17H23N3. The lowest BCUT2D eigenvalue weighted by Crippen LogP contribution is -2.35. The Balaban J connectivity index is 1.65. The van der Waals surface area contributed by atoms with Crippen molar-refractivity contribution in [1.82, 2.24) is 9.78 Å². The topological polar surface area (TPSA) is 43.8 Å². The van der Waals surface area contributed by atoms with Crippen LogP contribution in [0.5, 0.6) is 0 Å². The van der Waals surface area contributed by atoms with E-state index in [4.69, 9.17) is 5.73 Å². The van der Waals surface area contributed by atoms with Gasteiger partial charge in [0.2, 0.25) is 0 Å². The van der Waals surface area contributed by atoms with E-state index in [-0.39, 0.29) is 6.04 Å². The first-order chi connectivity index (χ1) is 9.83. The van der Waals surface area contributed by atoms with E-state index >= 15 is 0 Å². The second-order valence-corrected chi connectivity index (χ2v) is 5.88. The molecule has 2 aromatic rings. The fourth-order valence-electron chi connectivity index (χ4n) is 3.17. The Morgan fingerprint density at radius 2 is 1.85 bits per heavy atom. The van der Waals surface area contributed by atoms with Crippen LogP contribution in [0, 0.1) is 5.92 Å². The Morgan fingerprint density at radius 1 is 1.10 bits per heavy atom. The predicted octanol–water partition coefficient (Wildman–Crippen LogP) is 3.46. The zero-order chi connectivity index (χ0) is 13.8. The normalized spacial score (nSPS) is 18.1. The molecule has 3 rings (SSSR count). The summed E-state index contributed by atoms with van der Waals surface area (Å²) in [6, 6.07) is 10.6. The van der Waals surface area contributed by atoms with Gasteiger partial charge in [0.1, 0.15) is 0 Å². The lowest BCUT2D eigenvalue weighted by molar-refractivity contribution is 0.279. The highest BCUT2D eigenvalue weighted by molar-refractivity contribution is 5.61. The third-order valence-corrected chi connectivity index (χ3v) is 4.39. The van der Waals surface area contributed by atoms with Crippen LogP contribution in [-0.2, 0) is 6.54 Å². The van der Waals surface area contributed by atoms with Crippen LogP contribution >= 0.6 is 0 Å². The van der Waals surface area contributed by atoms with Gasteiger partial charge in [-0.1, -0.05) is 49.6 Å². The Bertz CT molecular complexity index is 526. The van der Waals surface area contributed by atoms with Crippen LogP contribution in [0.1, 0.15) is 32.1 Å². The molecule has 1 aromatic carbocycles. The van der Waals surface area contributed by atoms with Crippen LogP contribution in [0.25, 0.3) is 11.1 Å².